The summed E-state index contributed by atoms with van der Waals surface area (Å²) in [6.45, 7) is 6.74. The molecule has 0 saturated carbocycles. The predicted octanol–water partition coefficient (Wildman–Crippen LogP) is 3.31. The summed E-state index contributed by atoms with van der Waals surface area (Å²) in [6.07, 6.45) is 3.79. The Morgan fingerprint density at radius 3 is 2.83 bits per heavy atom. The molecule has 1 saturated heterocycles. The van der Waals surface area contributed by atoms with E-state index < -0.39 is 0 Å². The molecule has 0 aromatic carbocycles. The molecular weight excluding hydrogens is 262 g/mol. The SMILES string of the molecule is CCCc1nc(C2CSC(C)C(C)S2)ncc1N. The molecule has 0 radical (unpaired) electrons. The first-order valence-corrected chi connectivity index (χ1v) is 8.49. The number of aromatic nitrogens is 2. The molecule has 1 aromatic heterocycles. The molecule has 18 heavy (non-hydrogen) atoms. The van der Waals surface area contributed by atoms with Crippen molar-refractivity contribution >= 4 is 29.2 Å². The number of hydrogen-bond donors (Lipinski definition) is 1. The van der Waals surface area contributed by atoms with E-state index in [1.165, 1.54) is 0 Å². The molecule has 3 nitrogen and oxygen atoms in total. The van der Waals surface area contributed by atoms with Crippen LogP contribution in [0.5, 0.6) is 0 Å². The van der Waals surface area contributed by atoms with E-state index in [2.05, 4.69) is 30.7 Å². The first-order chi connectivity index (χ1) is 8.61. The summed E-state index contributed by atoms with van der Waals surface area (Å²) in [4.78, 5) is 9.11. The van der Waals surface area contributed by atoms with Crippen molar-refractivity contribution in [1.29, 1.82) is 0 Å². The van der Waals surface area contributed by atoms with Crippen LogP contribution in [0.3, 0.4) is 0 Å². The highest BCUT2D eigenvalue weighted by Gasteiger charge is 2.28. The van der Waals surface area contributed by atoms with Gasteiger partial charge in [0.1, 0.15) is 5.82 Å². The molecule has 0 amide bonds. The largest absolute Gasteiger partial charge is 0.396 e. The Labute approximate surface area is 118 Å². The van der Waals surface area contributed by atoms with Gasteiger partial charge in [0.2, 0.25) is 0 Å². The minimum atomic E-state index is 0.414. The Bertz CT molecular complexity index is 411. The highest BCUT2D eigenvalue weighted by Crippen LogP contribution is 2.43. The molecule has 0 spiro atoms. The lowest BCUT2D eigenvalue weighted by atomic mass is 10.2. The van der Waals surface area contributed by atoms with Crippen molar-refractivity contribution in [1.82, 2.24) is 9.97 Å². The molecule has 1 aliphatic rings. The number of thioether (sulfide) groups is 2. The van der Waals surface area contributed by atoms with Gasteiger partial charge in [-0.1, -0.05) is 27.2 Å². The minimum absolute atomic E-state index is 0.414. The normalized spacial score (nSPS) is 28.3. The van der Waals surface area contributed by atoms with Crippen LogP contribution in [-0.4, -0.2) is 26.2 Å². The third kappa shape index (κ3) is 3.12. The lowest BCUT2D eigenvalue weighted by Gasteiger charge is -2.30. The second-order valence-corrected chi connectivity index (χ2v) is 7.74. The molecule has 1 aliphatic heterocycles. The number of rotatable bonds is 3. The van der Waals surface area contributed by atoms with Crippen molar-refractivity contribution in [2.75, 3.05) is 11.5 Å². The number of aryl methyl sites for hydroxylation is 1. The second kappa shape index (κ2) is 6.15. The van der Waals surface area contributed by atoms with E-state index in [1.807, 2.05) is 23.5 Å². The number of nitrogen functional groups attached to an aromatic ring is 1. The quantitative estimate of drug-likeness (QED) is 0.922. The highest BCUT2D eigenvalue weighted by atomic mass is 32.2. The number of hydrogen-bond acceptors (Lipinski definition) is 5. The summed E-state index contributed by atoms with van der Waals surface area (Å²) in [5.74, 6) is 2.06. The molecule has 3 atom stereocenters. The summed E-state index contributed by atoms with van der Waals surface area (Å²) in [6, 6.07) is 0. The van der Waals surface area contributed by atoms with E-state index in [-0.39, 0.29) is 0 Å². The topological polar surface area (TPSA) is 51.8 Å². The average molecular weight is 283 g/mol. The van der Waals surface area contributed by atoms with Crippen LogP contribution in [0.15, 0.2) is 6.20 Å². The molecule has 1 aromatic rings. The molecule has 2 rings (SSSR count). The summed E-state index contributed by atoms with van der Waals surface area (Å²) in [5.41, 5.74) is 7.66. The Morgan fingerprint density at radius 1 is 1.39 bits per heavy atom. The summed E-state index contributed by atoms with van der Waals surface area (Å²) in [7, 11) is 0. The maximum atomic E-state index is 5.92. The maximum Gasteiger partial charge on any atom is 0.142 e. The van der Waals surface area contributed by atoms with Crippen LogP contribution in [0.2, 0.25) is 0 Å². The van der Waals surface area contributed by atoms with Crippen LogP contribution in [-0.2, 0) is 6.42 Å². The van der Waals surface area contributed by atoms with Crippen molar-refractivity contribution in [2.24, 2.45) is 0 Å². The number of nitrogens with two attached hydrogens (primary N) is 1. The Morgan fingerprint density at radius 2 is 2.17 bits per heavy atom. The van der Waals surface area contributed by atoms with E-state index in [9.17, 15) is 0 Å². The fourth-order valence-electron chi connectivity index (χ4n) is 1.95. The van der Waals surface area contributed by atoms with Crippen molar-refractivity contribution in [2.45, 2.75) is 49.4 Å². The first-order valence-electron chi connectivity index (χ1n) is 6.50. The van der Waals surface area contributed by atoms with Crippen molar-refractivity contribution < 1.29 is 0 Å². The molecule has 0 bridgehead atoms. The van der Waals surface area contributed by atoms with Gasteiger partial charge < -0.3 is 5.73 Å². The van der Waals surface area contributed by atoms with Crippen LogP contribution < -0.4 is 5.73 Å². The molecule has 5 heteroatoms. The van der Waals surface area contributed by atoms with Gasteiger partial charge in [0.15, 0.2) is 0 Å². The van der Waals surface area contributed by atoms with Crippen molar-refractivity contribution in [3.8, 4) is 0 Å². The van der Waals surface area contributed by atoms with Gasteiger partial charge in [-0.25, -0.2) is 9.97 Å². The molecule has 100 valence electrons. The molecule has 0 aliphatic carbocycles. The van der Waals surface area contributed by atoms with Gasteiger partial charge >= 0.3 is 0 Å². The average Bonchev–Trinajstić information content (AvgIpc) is 2.36. The van der Waals surface area contributed by atoms with Crippen LogP contribution in [0.25, 0.3) is 0 Å². The fourth-order valence-corrected chi connectivity index (χ4v) is 4.80. The third-order valence-electron chi connectivity index (χ3n) is 3.24. The number of anilines is 1. The van der Waals surface area contributed by atoms with E-state index in [4.69, 9.17) is 5.73 Å². The molecule has 3 unspecified atom stereocenters. The van der Waals surface area contributed by atoms with Crippen LogP contribution in [0, 0.1) is 0 Å². The highest BCUT2D eigenvalue weighted by molar-refractivity contribution is 8.07. The van der Waals surface area contributed by atoms with Crippen LogP contribution in [0.1, 0.15) is 44.0 Å². The minimum Gasteiger partial charge on any atom is -0.396 e. The second-order valence-electron chi connectivity index (χ2n) is 4.75. The standard InChI is InChI=1S/C13H21N3S2/c1-4-5-11-10(14)6-15-13(16-11)12-7-17-8(2)9(3)18-12/h6,8-9,12H,4-5,7,14H2,1-3H3. The van der Waals surface area contributed by atoms with Crippen molar-refractivity contribution in [3.05, 3.63) is 17.7 Å². The zero-order valence-electron chi connectivity index (χ0n) is 11.2. The van der Waals surface area contributed by atoms with Gasteiger partial charge in [0.25, 0.3) is 0 Å². The fraction of sp³-hybridized carbons (Fsp3) is 0.692. The van der Waals surface area contributed by atoms with Crippen LogP contribution >= 0.6 is 23.5 Å². The van der Waals surface area contributed by atoms with Gasteiger partial charge in [-0.05, 0) is 6.42 Å². The lowest BCUT2D eigenvalue weighted by molar-refractivity contribution is 0.818. The van der Waals surface area contributed by atoms with E-state index in [0.717, 1.165) is 41.1 Å². The molecule has 1 fully saturated rings. The van der Waals surface area contributed by atoms with Gasteiger partial charge in [-0.2, -0.15) is 11.8 Å². The van der Waals surface area contributed by atoms with E-state index in [1.54, 1.807) is 6.20 Å². The monoisotopic (exact) mass is 283 g/mol. The zero-order valence-corrected chi connectivity index (χ0v) is 12.9. The van der Waals surface area contributed by atoms with Gasteiger partial charge in [0, 0.05) is 16.3 Å². The van der Waals surface area contributed by atoms with E-state index in [0.29, 0.717) is 10.5 Å². The van der Waals surface area contributed by atoms with E-state index >= 15 is 0 Å². The first kappa shape index (κ1) is 14.0. The predicted molar refractivity (Wildman–Crippen MR) is 82.2 cm³/mol. The molecule has 2 N–H and O–H groups in total. The van der Waals surface area contributed by atoms with Gasteiger partial charge in [-0.3, -0.25) is 0 Å². The maximum absolute atomic E-state index is 5.92. The third-order valence-corrected chi connectivity index (χ3v) is 6.63. The van der Waals surface area contributed by atoms with Crippen molar-refractivity contribution in [3.63, 3.8) is 0 Å². The molecule has 2 heterocycles. The summed E-state index contributed by atoms with van der Waals surface area (Å²) >= 11 is 4.01. The smallest absolute Gasteiger partial charge is 0.142 e. The zero-order chi connectivity index (χ0) is 13.1. The number of nitrogens with zero attached hydrogens (tertiary/aromatic N) is 2. The summed E-state index contributed by atoms with van der Waals surface area (Å²) < 4.78 is 0. The van der Waals surface area contributed by atoms with Gasteiger partial charge in [0.05, 0.1) is 22.8 Å². The Kier molecular flexibility index (Phi) is 4.78. The van der Waals surface area contributed by atoms with Crippen LogP contribution in [0.4, 0.5) is 5.69 Å². The Hall–Kier alpha value is -0.420. The summed E-state index contributed by atoms with van der Waals surface area (Å²) in [5, 5.41) is 1.79. The molecular formula is C13H21N3S2. The Balaban J connectivity index is 2.15. The van der Waals surface area contributed by atoms with Gasteiger partial charge in [-0.15, -0.1) is 11.8 Å². The lowest BCUT2D eigenvalue weighted by Crippen LogP contribution is -2.23.